The predicted octanol–water partition coefficient (Wildman–Crippen LogP) is 1.86. The maximum Gasteiger partial charge on any atom is 0.0537 e. The van der Waals surface area contributed by atoms with Gasteiger partial charge in [-0.05, 0) is 18.3 Å². The quantitative estimate of drug-likeness (QED) is 0.779. The summed E-state index contributed by atoms with van der Waals surface area (Å²) in [4.78, 5) is 0. The Morgan fingerprint density at radius 3 is 2.86 bits per heavy atom. The van der Waals surface area contributed by atoms with Gasteiger partial charge >= 0.3 is 0 Å². The summed E-state index contributed by atoms with van der Waals surface area (Å²) in [5.74, 6) is 1.42. The molecule has 1 aromatic heterocycles. The first-order chi connectivity index (χ1) is 6.68. The van der Waals surface area contributed by atoms with Gasteiger partial charge in [0.2, 0.25) is 0 Å². The van der Waals surface area contributed by atoms with Gasteiger partial charge in [-0.3, -0.25) is 4.68 Å². The summed E-state index contributed by atoms with van der Waals surface area (Å²) >= 11 is 0. The van der Waals surface area contributed by atoms with Crippen molar-refractivity contribution in [2.75, 3.05) is 0 Å². The molecular weight excluding hydrogens is 174 g/mol. The molecule has 0 spiro atoms. The largest absolute Gasteiger partial charge is 0.324 e. The number of aromatic nitrogens is 2. The Morgan fingerprint density at radius 1 is 1.57 bits per heavy atom. The molecule has 2 rings (SSSR count). The molecule has 0 saturated heterocycles. The van der Waals surface area contributed by atoms with E-state index >= 15 is 0 Å². The van der Waals surface area contributed by atoms with Gasteiger partial charge in [0.25, 0.3) is 0 Å². The van der Waals surface area contributed by atoms with Crippen molar-refractivity contribution >= 4 is 0 Å². The predicted molar refractivity (Wildman–Crippen MR) is 56.6 cm³/mol. The molecule has 1 heterocycles. The number of hydrogen-bond donors (Lipinski definition) is 1. The molecule has 78 valence electrons. The average molecular weight is 193 g/mol. The summed E-state index contributed by atoms with van der Waals surface area (Å²) in [6.45, 7) is 2.31. The maximum absolute atomic E-state index is 6.25. The number of nitrogens with zero attached hydrogens (tertiary/aromatic N) is 2. The van der Waals surface area contributed by atoms with Gasteiger partial charge in [0, 0.05) is 24.8 Å². The van der Waals surface area contributed by atoms with Crippen LogP contribution in [0.5, 0.6) is 0 Å². The second kappa shape index (κ2) is 3.73. The third-order valence-corrected chi connectivity index (χ3v) is 3.50. The molecule has 0 bridgehead atoms. The van der Waals surface area contributed by atoms with E-state index in [2.05, 4.69) is 12.0 Å². The van der Waals surface area contributed by atoms with Gasteiger partial charge in [0.05, 0.1) is 6.20 Å². The summed E-state index contributed by atoms with van der Waals surface area (Å²) < 4.78 is 1.83. The zero-order valence-electron chi connectivity index (χ0n) is 8.98. The highest BCUT2D eigenvalue weighted by molar-refractivity contribution is 5.11. The van der Waals surface area contributed by atoms with Gasteiger partial charge in [-0.2, -0.15) is 5.10 Å². The van der Waals surface area contributed by atoms with E-state index in [4.69, 9.17) is 5.73 Å². The van der Waals surface area contributed by atoms with Crippen LogP contribution in [-0.4, -0.2) is 9.78 Å². The zero-order chi connectivity index (χ0) is 10.1. The molecular formula is C11H19N3. The number of rotatable bonds is 2. The van der Waals surface area contributed by atoms with Crippen molar-refractivity contribution in [2.45, 2.75) is 32.2 Å². The normalized spacial score (nSPS) is 29.4. The lowest BCUT2D eigenvalue weighted by atomic mass is 9.88. The fraction of sp³-hybridized carbons (Fsp3) is 0.727. The Bertz CT molecular complexity index is 305. The second-order valence-corrected chi connectivity index (χ2v) is 4.55. The lowest BCUT2D eigenvalue weighted by Crippen LogP contribution is -2.22. The molecule has 1 saturated carbocycles. The fourth-order valence-corrected chi connectivity index (χ4v) is 2.57. The van der Waals surface area contributed by atoms with Crippen molar-refractivity contribution in [2.24, 2.45) is 24.6 Å². The third-order valence-electron chi connectivity index (χ3n) is 3.50. The van der Waals surface area contributed by atoms with Gasteiger partial charge in [0.15, 0.2) is 0 Å². The molecule has 1 aliphatic rings. The molecule has 3 atom stereocenters. The van der Waals surface area contributed by atoms with Crippen LogP contribution in [0.15, 0.2) is 12.4 Å². The lowest BCUT2D eigenvalue weighted by molar-refractivity contribution is 0.351. The van der Waals surface area contributed by atoms with E-state index in [-0.39, 0.29) is 6.04 Å². The smallest absolute Gasteiger partial charge is 0.0537 e. The van der Waals surface area contributed by atoms with E-state index in [1.54, 1.807) is 0 Å². The van der Waals surface area contributed by atoms with Gasteiger partial charge in [0.1, 0.15) is 0 Å². The van der Waals surface area contributed by atoms with Gasteiger partial charge in [-0.15, -0.1) is 0 Å². The molecule has 3 nitrogen and oxygen atoms in total. The molecule has 3 unspecified atom stereocenters. The van der Waals surface area contributed by atoms with Crippen molar-refractivity contribution in [1.82, 2.24) is 9.78 Å². The minimum Gasteiger partial charge on any atom is -0.324 e. The first-order valence-electron chi connectivity index (χ1n) is 5.42. The molecule has 0 radical (unpaired) electrons. The number of hydrogen-bond acceptors (Lipinski definition) is 2. The molecule has 0 amide bonds. The standard InChI is InChI=1S/C11H19N3/c1-8-4-3-5-10(8)11(12)9-6-13-14(2)7-9/h6-8,10-11H,3-5,12H2,1-2H3. The van der Waals surface area contributed by atoms with Crippen LogP contribution < -0.4 is 5.73 Å². The average Bonchev–Trinajstić information content (AvgIpc) is 2.73. The molecule has 0 aromatic carbocycles. The van der Waals surface area contributed by atoms with Crippen LogP contribution in [0, 0.1) is 11.8 Å². The van der Waals surface area contributed by atoms with Crippen molar-refractivity contribution in [3.8, 4) is 0 Å². The van der Waals surface area contributed by atoms with E-state index in [1.165, 1.54) is 24.8 Å². The minimum atomic E-state index is 0.182. The number of nitrogens with two attached hydrogens (primary N) is 1. The van der Waals surface area contributed by atoms with Crippen molar-refractivity contribution < 1.29 is 0 Å². The monoisotopic (exact) mass is 193 g/mol. The molecule has 1 aliphatic carbocycles. The van der Waals surface area contributed by atoms with Crippen LogP contribution in [0.4, 0.5) is 0 Å². The summed E-state index contributed by atoms with van der Waals surface area (Å²) in [5.41, 5.74) is 7.44. The summed E-state index contributed by atoms with van der Waals surface area (Å²) in [5, 5.41) is 4.17. The van der Waals surface area contributed by atoms with Crippen LogP contribution in [0.1, 0.15) is 37.8 Å². The topological polar surface area (TPSA) is 43.8 Å². The van der Waals surface area contributed by atoms with Crippen LogP contribution >= 0.6 is 0 Å². The Hall–Kier alpha value is -0.830. The Kier molecular flexibility index (Phi) is 2.59. The minimum absolute atomic E-state index is 0.182. The molecule has 1 fully saturated rings. The van der Waals surface area contributed by atoms with E-state index in [1.807, 2.05) is 24.1 Å². The van der Waals surface area contributed by atoms with Gasteiger partial charge in [-0.1, -0.05) is 19.8 Å². The number of aryl methyl sites for hydroxylation is 1. The van der Waals surface area contributed by atoms with E-state index in [0.29, 0.717) is 5.92 Å². The third kappa shape index (κ3) is 1.69. The zero-order valence-corrected chi connectivity index (χ0v) is 8.98. The van der Waals surface area contributed by atoms with Gasteiger partial charge in [-0.25, -0.2) is 0 Å². The highest BCUT2D eigenvalue weighted by Crippen LogP contribution is 2.38. The molecule has 1 aromatic rings. The highest BCUT2D eigenvalue weighted by Gasteiger charge is 2.29. The lowest BCUT2D eigenvalue weighted by Gasteiger charge is -2.21. The van der Waals surface area contributed by atoms with Crippen LogP contribution in [-0.2, 0) is 7.05 Å². The van der Waals surface area contributed by atoms with E-state index in [0.717, 1.165) is 5.92 Å². The van der Waals surface area contributed by atoms with Crippen LogP contribution in [0.2, 0.25) is 0 Å². The maximum atomic E-state index is 6.25. The molecule has 3 heteroatoms. The highest BCUT2D eigenvalue weighted by atomic mass is 15.2. The van der Waals surface area contributed by atoms with Crippen molar-refractivity contribution in [3.63, 3.8) is 0 Å². The summed E-state index contributed by atoms with van der Waals surface area (Å²) in [7, 11) is 1.94. The summed E-state index contributed by atoms with van der Waals surface area (Å²) in [6.07, 6.45) is 7.88. The Labute approximate surface area is 85.3 Å². The molecule has 14 heavy (non-hydrogen) atoms. The van der Waals surface area contributed by atoms with Crippen molar-refractivity contribution in [3.05, 3.63) is 18.0 Å². The van der Waals surface area contributed by atoms with E-state index in [9.17, 15) is 0 Å². The Morgan fingerprint density at radius 2 is 2.36 bits per heavy atom. The fourth-order valence-electron chi connectivity index (χ4n) is 2.57. The molecule has 2 N–H and O–H groups in total. The van der Waals surface area contributed by atoms with Crippen LogP contribution in [0.25, 0.3) is 0 Å². The second-order valence-electron chi connectivity index (χ2n) is 4.55. The van der Waals surface area contributed by atoms with E-state index < -0.39 is 0 Å². The SMILES string of the molecule is CC1CCCC1C(N)c1cnn(C)c1. The molecule has 0 aliphatic heterocycles. The first-order valence-corrected chi connectivity index (χ1v) is 5.42. The first kappa shape index (κ1) is 9.71. The van der Waals surface area contributed by atoms with Crippen LogP contribution in [0.3, 0.4) is 0 Å². The van der Waals surface area contributed by atoms with Gasteiger partial charge < -0.3 is 5.73 Å². The Balaban J connectivity index is 2.11. The van der Waals surface area contributed by atoms with Crippen molar-refractivity contribution in [1.29, 1.82) is 0 Å². The summed E-state index contributed by atoms with van der Waals surface area (Å²) in [6, 6.07) is 0.182.